The molecule has 1 unspecified atom stereocenters. The van der Waals surface area contributed by atoms with Crippen molar-refractivity contribution in [1.29, 1.82) is 0 Å². The van der Waals surface area contributed by atoms with Crippen molar-refractivity contribution in [2.24, 2.45) is 7.05 Å². The highest BCUT2D eigenvalue weighted by Gasteiger charge is 2.31. The molecule has 3 aromatic carbocycles. The minimum Gasteiger partial charge on any atom is -0.385 e. The Kier molecular flexibility index (Phi) is 11.6. The fourth-order valence-electron chi connectivity index (χ4n) is 8.84. The largest absolute Gasteiger partial charge is 0.385 e. The number of para-hydroxylation sites is 1. The lowest BCUT2D eigenvalue weighted by molar-refractivity contribution is -0.136. The summed E-state index contributed by atoms with van der Waals surface area (Å²) in [5, 5.41) is 10.4. The fourth-order valence-corrected chi connectivity index (χ4v) is 8.84. The number of hydrogen-bond acceptors (Lipinski definition) is 10. The summed E-state index contributed by atoms with van der Waals surface area (Å²) < 4.78 is 41.1. The molecule has 3 aliphatic rings. The first kappa shape index (κ1) is 41.0. The number of nitrogens with one attached hydrogen (secondary N) is 2. The summed E-state index contributed by atoms with van der Waals surface area (Å²) in [5.41, 5.74) is 5.36. The van der Waals surface area contributed by atoms with Crippen molar-refractivity contribution in [3.05, 3.63) is 94.8 Å². The summed E-state index contributed by atoms with van der Waals surface area (Å²) in [4.78, 5) is 63.9. The number of aryl methyl sites for hydroxylation is 1. The molecule has 3 aliphatic heterocycles. The lowest BCUT2D eigenvalue weighted by Crippen LogP contribution is -2.44. The highest BCUT2D eigenvalue weighted by atomic mass is 19.1. The van der Waals surface area contributed by atoms with E-state index in [0.29, 0.717) is 91.2 Å². The van der Waals surface area contributed by atoms with Crippen LogP contribution in [0.15, 0.2) is 71.9 Å². The van der Waals surface area contributed by atoms with Gasteiger partial charge >= 0.3 is 5.69 Å². The zero-order valence-electron chi connectivity index (χ0n) is 34.5. The third-order valence-corrected chi connectivity index (χ3v) is 12.4. The summed E-state index contributed by atoms with van der Waals surface area (Å²) >= 11 is 0. The van der Waals surface area contributed by atoms with Gasteiger partial charge in [0.15, 0.2) is 0 Å². The van der Waals surface area contributed by atoms with Gasteiger partial charge in [0.05, 0.1) is 59.4 Å². The molecule has 0 radical (unpaired) electrons. The number of morpholine rings is 1. The maximum atomic E-state index is 15.4. The van der Waals surface area contributed by atoms with E-state index in [1.807, 2.05) is 44.9 Å². The SMILES string of the molecule is Cn1c(=O)n(C2CCC(=O)NC2=O)c2ccc(NCCCCC(=O)N3CCC(n4cc(-c5cnc6cccc(-c7cc(F)c(CN8CCOCC8)c(F)c7)c6n5)cn4)CC3)cc21. The molecule has 6 heterocycles. The van der Waals surface area contributed by atoms with Gasteiger partial charge < -0.3 is 15.0 Å². The Morgan fingerprint density at radius 2 is 1.71 bits per heavy atom. The van der Waals surface area contributed by atoms with Crippen LogP contribution in [-0.4, -0.2) is 102 Å². The van der Waals surface area contributed by atoms with Crippen LogP contribution < -0.4 is 16.3 Å². The van der Waals surface area contributed by atoms with Gasteiger partial charge in [-0.2, -0.15) is 5.10 Å². The number of amides is 3. The number of imide groups is 1. The van der Waals surface area contributed by atoms with Crippen LogP contribution in [0.2, 0.25) is 0 Å². The number of carbonyl (C=O) groups excluding carboxylic acids is 3. The molecule has 0 aliphatic carbocycles. The maximum Gasteiger partial charge on any atom is 0.329 e. The number of halogens is 2. The summed E-state index contributed by atoms with van der Waals surface area (Å²) in [6.07, 6.45) is 9.31. The first-order chi connectivity index (χ1) is 30.1. The predicted octanol–water partition coefficient (Wildman–Crippen LogP) is 5.35. The Morgan fingerprint density at radius 3 is 2.48 bits per heavy atom. The van der Waals surface area contributed by atoms with Crippen LogP contribution in [0.4, 0.5) is 14.5 Å². The molecule has 3 fully saturated rings. The third-order valence-electron chi connectivity index (χ3n) is 12.4. The van der Waals surface area contributed by atoms with Crippen molar-refractivity contribution in [2.45, 2.75) is 63.6 Å². The van der Waals surface area contributed by atoms with Crippen LogP contribution in [0.1, 0.15) is 62.6 Å². The summed E-state index contributed by atoms with van der Waals surface area (Å²) in [5.74, 6) is -1.86. The topological polar surface area (TPSA) is 162 Å². The number of anilines is 1. The first-order valence-electron chi connectivity index (χ1n) is 21.3. The molecule has 322 valence electrons. The second-order valence-electron chi connectivity index (χ2n) is 16.3. The molecule has 9 rings (SSSR count). The van der Waals surface area contributed by atoms with E-state index < -0.39 is 23.6 Å². The van der Waals surface area contributed by atoms with E-state index in [4.69, 9.17) is 9.72 Å². The third kappa shape index (κ3) is 8.33. The van der Waals surface area contributed by atoms with Gasteiger partial charge in [-0.1, -0.05) is 12.1 Å². The highest BCUT2D eigenvalue weighted by Crippen LogP contribution is 2.32. The van der Waals surface area contributed by atoms with E-state index in [1.54, 1.807) is 31.6 Å². The number of hydrogen-bond donors (Lipinski definition) is 2. The number of carbonyl (C=O) groups is 3. The number of rotatable bonds is 12. The molecule has 3 aromatic heterocycles. The normalized spacial score (nSPS) is 17.9. The number of ether oxygens (including phenoxy) is 1. The lowest BCUT2D eigenvalue weighted by Gasteiger charge is -2.32. The van der Waals surface area contributed by atoms with E-state index in [1.165, 1.54) is 21.3 Å². The Morgan fingerprint density at radius 1 is 0.919 bits per heavy atom. The minimum atomic E-state index is -0.733. The van der Waals surface area contributed by atoms with E-state index in [2.05, 4.69) is 20.7 Å². The molecule has 1 atom stereocenters. The highest BCUT2D eigenvalue weighted by molar-refractivity contribution is 6.00. The smallest absolute Gasteiger partial charge is 0.329 e. The molecule has 0 spiro atoms. The van der Waals surface area contributed by atoms with Crippen LogP contribution in [0.5, 0.6) is 0 Å². The van der Waals surface area contributed by atoms with Crippen LogP contribution in [-0.2, 0) is 32.7 Å². The van der Waals surface area contributed by atoms with Crippen LogP contribution in [0.3, 0.4) is 0 Å². The van der Waals surface area contributed by atoms with Crippen molar-refractivity contribution >= 4 is 45.5 Å². The quantitative estimate of drug-likeness (QED) is 0.121. The Balaban J connectivity index is 0.769. The van der Waals surface area contributed by atoms with Gasteiger partial charge in [-0.3, -0.25) is 43.4 Å². The predicted molar refractivity (Wildman–Crippen MR) is 228 cm³/mol. The first-order valence-corrected chi connectivity index (χ1v) is 21.3. The summed E-state index contributed by atoms with van der Waals surface area (Å²) in [7, 11) is 1.67. The molecule has 3 amide bonds. The number of unbranched alkanes of at least 4 members (excludes halogenated alkanes) is 1. The zero-order valence-corrected chi connectivity index (χ0v) is 34.5. The number of aromatic nitrogens is 6. The van der Waals surface area contributed by atoms with E-state index >= 15 is 8.78 Å². The Hall–Kier alpha value is -6.33. The summed E-state index contributed by atoms with van der Waals surface area (Å²) in [6.45, 7) is 4.43. The molecular weight excluding hydrogens is 799 g/mol. The molecule has 0 saturated carbocycles. The van der Waals surface area contributed by atoms with Crippen LogP contribution in [0, 0.1) is 11.6 Å². The number of fused-ring (bicyclic) bond motifs is 2. The number of imidazole rings is 1. The summed E-state index contributed by atoms with van der Waals surface area (Å²) in [6, 6.07) is 13.1. The second-order valence-corrected chi connectivity index (χ2v) is 16.3. The van der Waals surface area contributed by atoms with Gasteiger partial charge in [0, 0.05) is 87.7 Å². The standard InChI is InChI=1S/C45H48F2N10O5/c1-53-40-23-30(8-9-38(40)57(45(53)61)39-10-11-41(58)52-44(39)60)48-14-3-2-7-42(59)55-15-12-31(13-16-55)56-26-29(24-50-56)37-25-49-36-6-4-5-32(43(36)51-37)28-21-34(46)33(35(47)22-28)27-54-17-19-62-20-18-54/h4-6,8-9,21-26,31,39,48H,2-3,7,10-20,27H2,1H3,(H,52,58,60). The van der Waals surface area contributed by atoms with Crippen molar-refractivity contribution in [1.82, 2.24) is 44.0 Å². The number of likely N-dealkylation sites (tertiary alicyclic amines) is 1. The minimum absolute atomic E-state index is 0.0426. The monoisotopic (exact) mass is 846 g/mol. The molecule has 15 nitrogen and oxygen atoms in total. The van der Waals surface area contributed by atoms with E-state index in [-0.39, 0.29) is 48.5 Å². The zero-order chi connectivity index (χ0) is 42.9. The lowest BCUT2D eigenvalue weighted by atomic mass is 10.0. The number of nitrogens with zero attached hydrogens (tertiary/aromatic N) is 8. The maximum absolute atomic E-state index is 15.4. The van der Waals surface area contributed by atoms with Crippen LogP contribution >= 0.6 is 0 Å². The van der Waals surface area contributed by atoms with Crippen molar-refractivity contribution in [3.63, 3.8) is 0 Å². The molecule has 17 heteroatoms. The molecule has 62 heavy (non-hydrogen) atoms. The van der Waals surface area contributed by atoms with Gasteiger partial charge in [-0.15, -0.1) is 0 Å². The van der Waals surface area contributed by atoms with Gasteiger partial charge in [0.25, 0.3) is 0 Å². The average Bonchev–Trinajstić information content (AvgIpc) is 3.87. The van der Waals surface area contributed by atoms with E-state index in [9.17, 15) is 19.2 Å². The van der Waals surface area contributed by atoms with Crippen molar-refractivity contribution < 1.29 is 27.9 Å². The molecule has 6 aromatic rings. The number of benzene rings is 3. The average molecular weight is 847 g/mol. The van der Waals surface area contributed by atoms with Gasteiger partial charge in [-0.25, -0.2) is 18.6 Å². The van der Waals surface area contributed by atoms with Crippen molar-refractivity contribution in [2.75, 3.05) is 51.3 Å². The van der Waals surface area contributed by atoms with Gasteiger partial charge in [0.2, 0.25) is 17.7 Å². The second kappa shape index (κ2) is 17.6. The van der Waals surface area contributed by atoms with Gasteiger partial charge in [-0.05, 0) is 74.1 Å². The Labute approximate surface area is 355 Å². The molecular formula is C45H48F2N10O5. The fraction of sp³-hybridized carbons (Fsp3) is 0.400. The molecule has 2 N–H and O–H groups in total. The van der Waals surface area contributed by atoms with E-state index in [0.717, 1.165) is 36.9 Å². The Bertz CT molecular complexity index is 2710. The molecule has 3 saturated heterocycles. The van der Waals surface area contributed by atoms with Crippen molar-refractivity contribution in [3.8, 4) is 22.4 Å². The van der Waals surface area contributed by atoms with Crippen LogP contribution in [0.25, 0.3) is 44.5 Å². The number of piperidine rings is 2. The van der Waals surface area contributed by atoms with Gasteiger partial charge in [0.1, 0.15) is 17.7 Å². The molecule has 0 bridgehead atoms.